The van der Waals surface area contributed by atoms with E-state index in [1.807, 2.05) is 18.2 Å². The van der Waals surface area contributed by atoms with Gasteiger partial charge in [-0.2, -0.15) is 0 Å². The van der Waals surface area contributed by atoms with Crippen molar-refractivity contribution in [3.63, 3.8) is 0 Å². The summed E-state index contributed by atoms with van der Waals surface area (Å²) < 4.78 is 0. The van der Waals surface area contributed by atoms with Gasteiger partial charge < -0.3 is 11.1 Å². The van der Waals surface area contributed by atoms with Gasteiger partial charge in [0.25, 0.3) is 0 Å². The van der Waals surface area contributed by atoms with Crippen molar-refractivity contribution in [2.45, 2.75) is 39.2 Å². The third kappa shape index (κ3) is 2.26. The average Bonchev–Trinajstić information content (AvgIpc) is 2.42. The SMILES string of the molecule is CCC(C)(CC)Nc1ccc(N)c2ncccc12. The molecule has 1 aromatic heterocycles. The van der Waals surface area contributed by atoms with E-state index in [-0.39, 0.29) is 5.54 Å². The molecule has 0 aliphatic heterocycles. The Labute approximate surface area is 108 Å². The number of aromatic nitrogens is 1. The summed E-state index contributed by atoms with van der Waals surface area (Å²) in [7, 11) is 0. The second kappa shape index (κ2) is 4.84. The van der Waals surface area contributed by atoms with Crippen LogP contribution < -0.4 is 11.1 Å². The first-order valence-corrected chi connectivity index (χ1v) is 6.51. The minimum absolute atomic E-state index is 0.110. The molecule has 0 fully saturated rings. The third-order valence-corrected chi connectivity index (χ3v) is 3.80. The molecule has 3 nitrogen and oxygen atoms in total. The van der Waals surface area contributed by atoms with Gasteiger partial charge in [0.1, 0.15) is 0 Å². The highest BCUT2D eigenvalue weighted by Gasteiger charge is 2.20. The number of fused-ring (bicyclic) bond motifs is 1. The van der Waals surface area contributed by atoms with Gasteiger partial charge in [0.2, 0.25) is 0 Å². The van der Waals surface area contributed by atoms with Gasteiger partial charge in [-0.3, -0.25) is 4.98 Å². The van der Waals surface area contributed by atoms with Crippen molar-refractivity contribution in [2.24, 2.45) is 0 Å². The highest BCUT2D eigenvalue weighted by Crippen LogP contribution is 2.30. The Morgan fingerprint density at radius 2 is 1.94 bits per heavy atom. The number of nitrogen functional groups attached to an aromatic ring is 1. The fourth-order valence-corrected chi connectivity index (χ4v) is 2.06. The molecule has 0 aliphatic rings. The van der Waals surface area contributed by atoms with E-state index in [2.05, 4.69) is 37.1 Å². The quantitative estimate of drug-likeness (QED) is 0.803. The maximum Gasteiger partial charge on any atom is 0.0951 e. The van der Waals surface area contributed by atoms with Crippen LogP contribution in [0.4, 0.5) is 11.4 Å². The van der Waals surface area contributed by atoms with Crippen LogP contribution in [0.3, 0.4) is 0 Å². The molecule has 2 aromatic rings. The molecular formula is C15H21N3. The lowest BCUT2D eigenvalue weighted by atomic mass is 9.94. The van der Waals surface area contributed by atoms with E-state index in [1.165, 1.54) is 0 Å². The summed E-state index contributed by atoms with van der Waals surface area (Å²) in [6.07, 6.45) is 3.94. The number of rotatable bonds is 4. The largest absolute Gasteiger partial charge is 0.397 e. The van der Waals surface area contributed by atoms with Crippen molar-refractivity contribution in [1.82, 2.24) is 4.98 Å². The highest BCUT2D eigenvalue weighted by molar-refractivity contribution is 5.98. The number of hydrogen-bond donors (Lipinski definition) is 2. The first-order chi connectivity index (χ1) is 8.59. The van der Waals surface area contributed by atoms with E-state index in [4.69, 9.17) is 5.73 Å². The minimum Gasteiger partial charge on any atom is -0.397 e. The molecule has 96 valence electrons. The third-order valence-electron chi connectivity index (χ3n) is 3.80. The highest BCUT2D eigenvalue weighted by atomic mass is 15.0. The average molecular weight is 243 g/mol. The van der Waals surface area contributed by atoms with Crippen LogP contribution in [0.15, 0.2) is 30.5 Å². The molecule has 0 atom stereocenters. The van der Waals surface area contributed by atoms with Crippen molar-refractivity contribution in [1.29, 1.82) is 0 Å². The zero-order valence-corrected chi connectivity index (χ0v) is 11.3. The smallest absolute Gasteiger partial charge is 0.0951 e. The lowest BCUT2D eigenvalue weighted by Crippen LogP contribution is -2.33. The number of pyridine rings is 1. The van der Waals surface area contributed by atoms with Crippen LogP contribution in [0.25, 0.3) is 10.9 Å². The molecule has 3 heteroatoms. The van der Waals surface area contributed by atoms with E-state index in [0.29, 0.717) is 0 Å². The van der Waals surface area contributed by atoms with Crippen molar-refractivity contribution in [3.8, 4) is 0 Å². The molecule has 0 amide bonds. The van der Waals surface area contributed by atoms with E-state index in [1.54, 1.807) is 6.20 Å². The normalized spacial score (nSPS) is 11.7. The van der Waals surface area contributed by atoms with E-state index in [0.717, 1.165) is 35.1 Å². The molecule has 0 unspecified atom stereocenters. The fourth-order valence-electron chi connectivity index (χ4n) is 2.06. The van der Waals surface area contributed by atoms with Gasteiger partial charge in [0, 0.05) is 22.8 Å². The van der Waals surface area contributed by atoms with Gasteiger partial charge in [0.05, 0.1) is 11.2 Å². The van der Waals surface area contributed by atoms with Gasteiger partial charge >= 0.3 is 0 Å². The first kappa shape index (κ1) is 12.7. The molecule has 0 saturated heterocycles. The van der Waals surface area contributed by atoms with E-state index < -0.39 is 0 Å². The molecule has 18 heavy (non-hydrogen) atoms. The second-order valence-corrected chi connectivity index (χ2v) is 4.99. The predicted molar refractivity (Wildman–Crippen MR) is 78.8 cm³/mol. The van der Waals surface area contributed by atoms with Crippen LogP contribution in [0.5, 0.6) is 0 Å². The zero-order chi connectivity index (χ0) is 13.2. The van der Waals surface area contributed by atoms with Crippen LogP contribution in [-0.4, -0.2) is 10.5 Å². The maximum absolute atomic E-state index is 5.96. The van der Waals surface area contributed by atoms with Crippen LogP contribution in [0.1, 0.15) is 33.6 Å². The van der Waals surface area contributed by atoms with E-state index >= 15 is 0 Å². The lowest BCUT2D eigenvalue weighted by Gasteiger charge is -2.30. The van der Waals surface area contributed by atoms with Crippen molar-refractivity contribution in [2.75, 3.05) is 11.1 Å². The van der Waals surface area contributed by atoms with Crippen molar-refractivity contribution >= 4 is 22.3 Å². The Morgan fingerprint density at radius 1 is 1.22 bits per heavy atom. The van der Waals surface area contributed by atoms with Crippen molar-refractivity contribution in [3.05, 3.63) is 30.5 Å². The summed E-state index contributed by atoms with van der Waals surface area (Å²) in [4.78, 5) is 4.36. The van der Waals surface area contributed by atoms with Gasteiger partial charge in [0.15, 0.2) is 0 Å². The van der Waals surface area contributed by atoms with Crippen LogP contribution in [0.2, 0.25) is 0 Å². The van der Waals surface area contributed by atoms with Crippen LogP contribution in [0, 0.1) is 0 Å². The summed E-state index contributed by atoms with van der Waals surface area (Å²) in [5, 5.41) is 4.72. The Kier molecular flexibility index (Phi) is 3.41. The molecule has 0 aliphatic carbocycles. The topological polar surface area (TPSA) is 50.9 Å². The fraction of sp³-hybridized carbons (Fsp3) is 0.400. The molecule has 2 rings (SSSR count). The van der Waals surface area contributed by atoms with Crippen molar-refractivity contribution < 1.29 is 0 Å². The predicted octanol–water partition coefficient (Wildman–Crippen LogP) is 3.81. The standard InChI is InChI=1S/C15H21N3/c1-4-15(3,5-2)18-13-9-8-12(16)14-11(13)7-6-10-17-14/h6-10,18H,4-5,16H2,1-3H3. The van der Waals surface area contributed by atoms with Crippen LogP contribution >= 0.6 is 0 Å². The monoisotopic (exact) mass is 243 g/mol. The minimum atomic E-state index is 0.110. The number of nitrogens with one attached hydrogen (secondary N) is 1. The Morgan fingerprint density at radius 3 is 2.61 bits per heavy atom. The summed E-state index contributed by atoms with van der Waals surface area (Å²) in [6, 6.07) is 7.97. The number of hydrogen-bond acceptors (Lipinski definition) is 3. The Bertz CT molecular complexity index is 544. The van der Waals surface area contributed by atoms with Gasteiger partial charge in [-0.25, -0.2) is 0 Å². The van der Waals surface area contributed by atoms with Gasteiger partial charge in [-0.05, 0) is 44.0 Å². The Balaban J connectivity index is 2.49. The molecule has 1 heterocycles. The second-order valence-electron chi connectivity index (χ2n) is 4.99. The van der Waals surface area contributed by atoms with Crippen LogP contribution in [-0.2, 0) is 0 Å². The van der Waals surface area contributed by atoms with Gasteiger partial charge in [-0.15, -0.1) is 0 Å². The van der Waals surface area contributed by atoms with E-state index in [9.17, 15) is 0 Å². The number of nitrogens with two attached hydrogens (primary N) is 1. The number of benzene rings is 1. The number of nitrogens with zero attached hydrogens (tertiary/aromatic N) is 1. The van der Waals surface area contributed by atoms with Gasteiger partial charge in [-0.1, -0.05) is 13.8 Å². The molecule has 0 radical (unpaired) electrons. The molecule has 1 aromatic carbocycles. The summed E-state index contributed by atoms with van der Waals surface area (Å²) in [5.74, 6) is 0. The molecular weight excluding hydrogens is 222 g/mol. The molecule has 0 spiro atoms. The summed E-state index contributed by atoms with van der Waals surface area (Å²) >= 11 is 0. The first-order valence-electron chi connectivity index (χ1n) is 6.51. The molecule has 0 bridgehead atoms. The maximum atomic E-state index is 5.96. The molecule has 0 saturated carbocycles. The number of anilines is 2. The molecule has 3 N–H and O–H groups in total. The lowest BCUT2D eigenvalue weighted by molar-refractivity contribution is 0.479. The Hall–Kier alpha value is -1.77. The zero-order valence-electron chi connectivity index (χ0n) is 11.3. The summed E-state index contributed by atoms with van der Waals surface area (Å²) in [6.45, 7) is 6.65. The summed E-state index contributed by atoms with van der Waals surface area (Å²) in [5.41, 5.74) is 8.78.